The lowest BCUT2D eigenvalue weighted by Gasteiger charge is -2.14. The topological polar surface area (TPSA) is 54.0 Å². The molecule has 1 unspecified atom stereocenters. The zero-order valence-electron chi connectivity index (χ0n) is 9.79. The van der Waals surface area contributed by atoms with Gasteiger partial charge in [0.25, 0.3) is 0 Å². The van der Waals surface area contributed by atoms with Gasteiger partial charge in [0, 0.05) is 6.20 Å². The molecule has 1 amide bonds. The summed E-state index contributed by atoms with van der Waals surface area (Å²) in [4.78, 5) is 15.4. The van der Waals surface area contributed by atoms with Crippen LogP contribution in [0.2, 0.25) is 0 Å². The molecule has 0 aromatic carbocycles. The second-order valence-electron chi connectivity index (χ2n) is 3.76. The summed E-state index contributed by atoms with van der Waals surface area (Å²) >= 11 is 0. The summed E-state index contributed by atoms with van der Waals surface area (Å²) in [5, 5.41) is 4.58. The molecule has 1 aromatic heterocycles. The smallest absolute Gasteiger partial charge is 0.347 e. The summed E-state index contributed by atoms with van der Waals surface area (Å²) in [6.45, 7) is 0.152. The largest absolute Gasteiger partial charge is 0.401 e. The first-order valence-corrected chi connectivity index (χ1v) is 5.36. The lowest BCUT2D eigenvalue weighted by molar-refractivity contribution is -0.128. The SMILES string of the molecule is CC(NC(=O)CNCC(F)(F)F)c1ccccn1. The van der Waals surface area contributed by atoms with Gasteiger partial charge in [0.2, 0.25) is 5.91 Å². The first-order valence-electron chi connectivity index (χ1n) is 5.36. The van der Waals surface area contributed by atoms with Crippen molar-refractivity contribution in [1.29, 1.82) is 0 Å². The molecule has 0 saturated heterocycles. The lowest BCUT2D eigenvalue weighted by atomic mass is 10.2. The third kappa shape index (κ3) is 5.62. The monoisotopic (exact) mass is 261 g/mol. The van der Waals surface area contributed by atoms with Crippen LogP contribution in [0.4, 0.5) is 13.2 Å². The first kappa shape index (κ1) is 14.4. The number of carbonyl (C=O) groups is 1. The van der Waals surface area contributed by atoms with Crippen molar-refractivity contribution in [2.75, 3.05) is 13.1 Å². The van der Waals surface area contributed by atoms with E-state index in [9.17, 15) is 18.0 Å². The van der Waals surface area contributed by atoms with E-state index in [1.807, 2.05) is 5.32 Å². The highest BCUT2D eigenvalue weighted by Crippen LogP contribution is 2.12. The summed E-state index contributed by atoms with van der Waals surface area (Å²) in [5.74, 6) is -0.502. The zero-order valence-corrected chi connectivity index (χ0v) is 9.79. The van der Waals surface area contributed by atoms with E-state index in [4.69, 9.17) is 0 Å². The molecule has 0 spiro atoms. The minimum atomic E-state index is -4.31. The number of amides is 1. The van der Waals surface area contributed by atoms with Crippen LogP contribution in [0.25, 0.3) is 0 Å². The fourth-order valence-corrected chi connectivity index (χ4v) is 1.32. The molecule has 0 aliphatic carbocycles. The van der Waals surface area contributed by atoms with E-state index in [0.29, 0.717) is 5.69 Å². The Hall–Kier alpha value is -1.63. The Balaban J connectivity index is 2.32. The molecule has 1 heterocycles. The molecule has 4 nitrogen and oxygen atoms in total. The maximum Gasteiger partial charge on any atom is 0.401 e. The summed E-state index contributed by atoms with van der Waals surface area (Å²) in [7, 11) is 0. The van der Waals surface area contributed by atoms with E-state index in [1.165, 1.54) is 0 Å². The Kier molecular flexibility index (Phi) is 5.08. The van der Waals surface area contributed by atoms with E-state index in [2.05, 4.69) is 10.3 Å². The number of hydrogen-bond acceptors (Lipinski definition) is 3. The normalized spacial score (nSPS) is 13.1. The summed E-state index contributed by atoms with van der Waals surface area (Å²) < 4.78 is 35.5. The lowest BCUT2D eigenvalue weighted by Crippen LogP contribution is -2.39. The molecule has 0 aliphatic rings. The van der Waals surface area contributed by atoms with Crippen LogP contribution in [0.3, 0.4) is 0 Å². The minimum absolute atomic E-state index is 0.341. The van der Waals surface area contributed by atoms with Crippen LogP contribution in [0.1, 0.15) is 18.7 Å². The van der Waals surface area contributed by atoms with Crippen molar-refractivity contribution >= 4 is 5.91 Å². The Morgan fingerprint density at radius 1 is 1.44 bits per heavy atom. The molecule has 18 heavy (non-hydrogen) atoms. The highest BCUT2D eigenvalue weighted by molar-refractivity contribution is 5.78. The fourth-order valence-electron chi connectivity index (χ4n) is 1.32. The number of alkyl halides is 3. The molecule has 0 saturated carbocycles. The molecular weight excluding hydrogens is 247 g/mol. The number of aromatic nitrogens is 1. The average Bonchev–Trinajstić information content (AvgIpc) is 2.28. The molecule has 7 heteroatoms. The quantitative estimate of drug-likeness (QED) is 0.842. The second-order valence-corrected chi connectivity index (χ2v) is 3.76. The Morgan fingerprint density at radius 2 is 2.17 bits per heavy atom. The van der Waals surface area contributed by atoms with Crippen LogP contribution < -0.4 is 10.6 Å². The number of nitrogens with zero attached hydrogens (tertiary/aromatic N) is 1. The number of pyridine rings is 1. The molecule has 0 radical (unpaired) electrons. The maximum absolute atomic E-state index is 11.8. The minimum Gasteiger partial charge on any atom is -0.347 e. The van der Waals surface area contributed by atoms with Gasteiger partial charge >= 0.3 is 6.18 Å². The van der Waals surface area contributed by atoms with Crippen molar-refractivity contribution in [3.05, 3.63) is 30.1 Å². The summed E-state index contributed by atoms with van der Waals surface area (Å²) in [6, 6.07) is 4.90. The van der Waals surface area contributed by atoms with Gasteiger partial charge in [-0.1, -0.05) is 6.07 Å². The standard InChI is InChI=1S/C11H14F3N3O/c1-8(9-4-2-3-5-16-9)17-10(18)6-15-7-11(12,13)14/h2-5,8,15H,6-7H2,1H3,(H,17,18). The highest BCUT2D eigenvalue weighted by atomic mass is 19.4. The second kappa shape index (κ2) is 6.34. The first-order chi connectivity index (χ1) is 8.38. The number of carbonyl (C=O) groups excluding carboxylic acids is 1. The van der Waals surface area contributed by atoms with Crippen molar-refractivity contribution < 1.29 is 18.0 Å². The molecule has 1 rings (SSSR count). The van der Waals surface area contributed by atoms with E-state index in [-0.39, 0.29) is 12.6 Å². The van der Waals surface area contributed by atoms with Gasteiger partial charge in [0.05, 0.1) is 24.8 Å². The predicted octanol–water partition coefficient (Wildman–Crippen LogP) is 1.41. The average molecular weight is 261 g/mol. The van der Waals surface area contributed by atoms with Crippen LogP contribution >= 0.6 is 0 Å². The van der Waals surface area contributed by atoms with E-state index in [0.717, 1.165) is 0 Å². The predicted molar refractivity (Wildman–Crippen MR) is 59.7 cm³/mol. The molecule has 2 N–H and O–H groups in total. The van der Waals surface area contributed by atoms with Crippen molar-refractivity contribution in [3.63, 3.8) is 0 Å². The number of hydrogen-bond donors (Lipinski definition) is 2. The third-order valence-corrected chi connectivity index (χ3v) is 2.12. The molecule has 1 aromatic rings. The van der Waals surface area contributed by atoms with E-state index >= 15 is 0 Å². The molecule has 0 fully saturated rings. The molecular formula is C11H14F3N3O. The Bertz CT molecular complexity index is 381. The van der Waals surface area contributed by atoms with Crippen LogP contribution in [0.15, 0.2) is 24.4 Å². The van der Waals surface area contributed by atoms with Gasteiger partial charge in [0.1, 0.15) is 0 Å². The van der Waals surface area contributed by atoms with E-state index in [1.54, 1.807) is 31.3 Å². The maximum atomic E-state index is 11.8. The molecule has 0 bridgehead atoms. The van der Waals surface area contributed by atoms with Gasteiger partial charge in [-0.15, -0.1) is 0 Å². The Morgan fingerprint density at radius 3 is 2.72 bits per heavy atom. The number of halogens is 3. The number of nitrogens with one attached hydrogen (secondary N) is 2. The Labute approximate surface area is 103 Å². The molecule has 1 atom stereocenters. The third-order valence-electron chi connectivity index (χ3n) is 2.12. The molecule has 100 valence electrons. The van der Waals surface area contributed by atoms with Crippen molar-refractivity contribution in [1.82, 2.24) is 15.6 Å². The van der Waals surface area contributed by atoms with Gasteiger partial charge in [0.15, 0.2) is 0 Å². The summed E-state index contributed by atoms with van der Waals surface area (Å²) in [5.41, 5.74) is 0.654. The van der Waals surface area contributed by atoms with Crippen LogP contribution in [-0.4, -0.2) is 30.2 Å². The highest BCUT2D eigenvalue weighted by Gasteiger charge is 2.26. The van der Waals surface area contributed by atoms with Gasteiger partial charge in [-0.2, -0.15) is 13.2 Å². The number of rotatable bonds is 5. The van der Waals surface area contributed by atoms with Gasteiger partial charge < -0.3 is 10.6 Å². The zero-order chi connectivity index (χ0) is 13.6. The van der Waals surface area contributed by atoms with Crippen molar-refractivity contribution in [3.8, 4) is 0 Å². The van der Waals surface area contributed by atoms with Gasteiger partial charge in [-0.25, -0.2) is 0 Å². The van der Waals surface area contributed by atoms with Crippen LogP contribution in [0.5, 0.6) is 0 Å². The van der Waals surface area contributed by atoms with Gasteiger partial charge in [-0.3, -0.25) is 9.78 Å². The van der Waals surface area contributed by atoms with Crippen LogP contribution in [-0.2, 0) is 4.79 Å². The summed E-state index contributed by atoms with van der Waals surface area (Å²) in [6.07, 6.45) is -2.73. The van der Waals surface area contributed by atoms with Crippen molar-refractivity contribution in [2.24, 2.45) is 0 Å². The van der Waals surface area contributed by atoms with E-state index < -0.39 is 18.6 Å². The fraction of sp³-hybridized carbons (Fsp3) is 0.455. The molecule has 0 aliphatic heterocycles. The van der Waals surface area contributed by atoms with Crippen LogP contribution in [0, 0.1) is 0 Å². The van der Waals surface area contributed by atoms with Crippen molar-refractivity contribution in [2.45, 2.75) is 19.1 Å². The van der Waals surface area contributed by atoms with Gasteiger partial charge in [-0.05, 0) is 19.1 Å².